The smallest absolute Gasteiger partial charge is 0.0959 e. The van der Waals surface area contributed by atoms with Crippen molar-refractivity contribution >= 4 is 49.8 Å². The largest absolute Gasteiger partial charge is 0.272 e. The second-order valence-corrected chi connectivity index (χ2v) is 25.5. The predicted octanol–water partition coefficient (Wildman–Crippen LogP) is 3.91. The van der Waals surface area contributed by atoms with Crippen LogP contribution in [-0.2, 0) is 0 Å². The lowest BCUT2D eigenvalue weighted by Crippen LogP contribution is -2.22. The van der Waals surface area contributed by atoms with Gasteiger partial charge in [0.25, 0.3) is 3.93 Å². The van der Waals surface area contributed by atoms with Gasteiger partial charge in [0.05, 0.1) is 0 Å². The summed E-state index contributed by atoms with van der Waals surface area (Å²) in [6.07, 6.45) is 0. The molecule has 0 aromatic rings. The third kappa shape index (κ3) is 2.99. The van der Waals surface area contributed by atoms with Crippen molar-refractivity contribution in [1.82, 2.24) is 0 Å². The monoisotopic (exact) mass is 322 g/mol. The molecule has 50 valence electrons. The SMILES string of the molecule is CC(C)(C)[Si](Br)(Br)Br. The van der Waals surface area contributed by atoms with E-state index in [9.17, 15) is 0 Å². The second kappa shape index (κ2) is 2.72. The lowest BCUT2D eigenvalue weighted by molar-refractivity contribution is 0.759. The molecule has 0 saturated heterocycles. The highest BCUT2D eigenvalue weighted by atomic mass is 80.0. The maximum Gasteiger partial charge on any atom is 0.272 e. The molecule has 0 aliphatic heterocycles. The van der Waals surface area contributed by atoms with Crippen LogP contribution in [0.3, 0.4) is 0 Å². The lowest BCUT2D eigenvalue weighted by atomic mass is 10.3. The van der Waals surface area contributed by atoms with Crippen LogP contribution in [0.2, 0.25) is 5.04 Å². The lowest BCUT2D eigenvalue weighted by Gasteiger charge is -2.26. The van der Waals surface area contributed by atoms with E-state index in [1.165, 1.54) is 0 Å². The minimum absolute atomic E-state index is 0.326. The minimum Gasteiger partial charge on any atom is -0.0959 e. The molecule has 0 aromatic carbocycles. The second-order valence-electron chi connectivity index (χ2n) is 2.75. The Morgan fingerprint density at radius 2 is 1.12 bits per heavy atom. The molecule has 8 heavy (non-hydrogen) atoms. The van der Waals surface area contributed by atoms with Gasteiger partial charge < -0.3 is 0 Å². The van der Waals surface area contributed by atoms with Gasteiger partial charge in [0, 0.05) is 0 Å². The Hall–Kier alpha value is 1.66. The van der Waals surface area contributed by atoms with Crippen LogP contribution in [-0.4, -0.2) is 3.93 Å². The number of halogens is 3. The molecule has 0 atom stereocenters. The van der Waals surface area contributed by atoms with Crippen LogP contribution in [0, 0.1) is 0 Å². The maximum atomic E-state index is 3.57. The Bertz CT molecular complexity index is 66.3. The molecule has 0 heterocycles. The summed E-state index contributed by atoms with van der Waals surface area (Å²) >= 11 is 10.7. The summed E-state index contributed by atoms with van der Waals surface area (Å²) in [5.41, 5.74) is 0. The van der Waals surface area contributed by atoms with Crippen molar-refractivity contribution in [3.63, 3.8) is 0 Å². The first-order valence-corrected chi connectivity index (χ1v) is 11.1. The molecule has 0 aliphatic rings. The number of rotatable bonds is 0. The summed E-state index contributed by atoms with van der Waals surface area (Å²) < 4.78 is -1.42. The highest BCUT2D eigenvalue weighted by molar-refractivity contribution is 9.72. The Morgan fingerprint density at radius 1 is 1.00 bits per heavy atom. The van der Waals surface area contributed by atoms with Gasteiger partial charge in [-0.25, -0.2) is 0 Å². The molecular formula is C4H9Br3Si. The van der Waals surface area contributed by atoms with E-state index < -0.39 is 3.93 Å². The summed E-state index contributed by atoms with van der Waals surface area (Å²) in [5, 5.41) is 0.326. The molecule has 0 N–H and O–H groups in total. The van der Waals surface area contributed by atoms with Crippen molar-refractivity contribution in [1.29, 1.82) is 0 Å². The quantitative estimate of drug-likeness (QED) is 0.468. The van der Waals surface area contributed by atoms with Gasteiger partial charge in [0.15, 0.2) is 0 Å². The van der Waals surface area contributed by atoms with Gasteiger partial charge in [0.2, 0.25) is 0 Å². The molecule has 0 aromatic heterocycles. The predicted molar refractivity (Wildman–Crippen MR) is 52.3 cm³/mol. The molecule has 4 heteroatoms. The van der Waals surface area contributed by atoms with E-state index in [0.29, 0.717) is 5.04 Å². The maximum absolute atomic E-state index is 3.57. The van der Waals surface area contributed by atoms with Crippen molar-refractivity contribution in [3.8, 4) is 0 Å². The van der Waals surface area contributed by atoms with Crippen molar-refractivity contribution in [2.24, 2.45) is 0 Å². The average molecular weight is 325 g/mol. The molecule has 0 nitrogen and oxygen atoms in total. The summed E-state index contributed by atoms with van der Waals surface area (Å²) in [5.74, 6) is 0. The minimum atomic E-state index is -1.42. The molecular weight excluding hydrogens is 316 g/mol. The first-order chi connectivity index (χ1) is 3.25. The molecule has 0 amide bonds. The number of hydrogen-bond donors (Lipinski definition) is 0. The van der Waals surface area contributed by atoms with Crippen LogP contribution in [0.15, 0.2) is 0 Å². The standard InChI is InChI=1S/C4H9Br3Si/c1-4(2,3)8(5,6)7/h1-3H3. The van der Waals surface area contributed by atoms with Crippen molar-refractivity contribution in [2.75, 3.05) is 0 Å². The topological polar surface area (TPSA) is 0 Å². The molecule has 0 aliphatic carbocycles. The van der Waals surface area contributed by atoms with Gasteiger partial charge in [-0.05, 0) is 5.04 Å². The first kappa shape index (κ1) is 9.66. The Kier molecular flexibility index (Phi) is 3.28. The molecule has 0 unspecified atom stereocenters. The zero-order valence-corrected chi connectivity index (χ0v) is 10.9. The van der Waals surface area contributed by atoms with Gasteiger partial charge in [-0.15, -0.1) is 0 Å². The van der Waals surface area contributed by atoms with Crippen LogP contribution in [0.25, 0.3) is 0 Å². The normalized spacial score (nSPS) is 14.2. The Labute approximate surface area is 75.2 Å². The molecule has 0 fully saturated rings. The fraction of sp³-hybridized carbons (Fsp3) is 1.00. The Morgan fingerprint density at radius 3 is 1.12 bits per heavy atom. The van der Waals surface area contributed by atoms with Crippen LogP contribution >= 0.6 is 45.9 Å². The highest BCUT2D eigenvalue weighted by Gasteiger charge is 2.37. The van der Waals surface area contributed by atoms with Gasteiger partial charge in [0.1, 0.15) is 0 Å². The van der Waals surface area contributed by atoms with Gasteiger partial charge in [-0.3, -0.25) is 0 Å². The van der Waals surface area contributed by atoms with Crippen LogP contribution in [0.1, 0.15) is 20.8 Å². The summed E-state index contributed by atoms with van der Waals surface area (Å²) in [6.45, 7) is 6.58. The summed E-state index contributed by atoms with van der Waals surface area (Å²) in [7, 11) is 0. The average Bonchev–Trinajstić information content (AvgIpc) is 1.25. The third-order valence-corrected chi connectivity index (χ3v) is 13.3. The van der Waals surface area contributed by atoms with E-state index in [-0.39, 0.29) is 0 Å². The molecule has 0 radical (unpaired) electrons. The van der Waals surface area contributed by atoms with E-state index in [1.807, 2.05) is 0 Å². The number of hydrogen-bond acceptors (Lipinski definition) is 0. The van der Waals surface area contributed by atoms with Gasteiger partial charge in [-0.2, -0.15) is 0 Å². The molecule has 0 rings (SSSR count). The van der Waals surface area contributed by atoms with E-state index in [0.717, 1.165) is 0 Å². The van der Waals surface area contributed by atoms with Crippen LogP contribution < -0.4 is 0 Å². The van der Waals surface area contributed by atoms with Crippen molar-refractivity contribution < 1.29 is 0 Å². The van der Waals surface area contributed by atoms with Crippen molar-refractivity contribution in [3.05, 3.63) is 0 Å². The fourth-order valence-electron chi connectivity index (χ4n) is 0. The van der Waals surface area contributed by atoms with Gasteiger partial charge >= 0.3 is 0 Å². The fourth-order valence-corrected chi connectivity index (χ4v) is 0. The summed E-state index contributed by atoms with van der Waals surface area (Å²) in [4.78, 5) is 0. The zero-order valence-electron chi connectivity index (χ0n) is 5.13. The van der Waals surface area contributed by atoms with Crippen molar-refractivity contribution in [2.45, 2.75) is 25.8 Å². The first-order valence-electron chi connectivity index (χ1n) is 2.32. The van der Waals surface area contributed by atoms with E-state index >= 15 is 0 Å². The van der Waals surface area contributed by atoms with E-state index in [2.05, 4.69) is 66.6 Å². The molecule has 0 spiro atoms. The summed E-state index contributed by atoms with van der Waals surface area (Å²) in [6, 6.07) is 0. The third-order valence-electron chi connectivity index (χ3n) is 0.850. The van der Waals surface area contributed by atoms with E-state index in [1.54, 1.807) is 0 Å². The molecule has 0 bridgehead atoms. The Balaban J connectivity index is 4.02. The van der Waals surface area contributed by atoms with Crippen LogP contribution in [0.5, 0.6) is 0 Å². The zero-order chi connectivity index (χ0) is 7.00. The van der Waals surface area contributed by atoms with Gasteiger partial charge in [-0.1, -0.05) is 66.6 Å². The van der Waals surface area contributed by atoms with E-state index in [4.69, 9.17) is 0 Å². The molecule has 0 saturated carbocycles. The highest BCUT2D eigenvalue weighted by Crippen LogP contribution is 2.48. The van der Waals surface area contributed by atoms with Crippen LogP contribution in [0.4, 0.5) is 0 Å².